The summed E-state index contributed by atoms with van der Waals surface area (Å²) in [6.45, 7) is 0.225. The first-order valence-electron chi connectivity index (χ1n) is 5.92. The van der Waals surface area contributed by atoms with Crippen LogP contribution in [0.1, 0.15) is 26.7 Å². The van der Waals surface area contributed by atoms with Gasteiger partial charge >= 0.3 is 5.97 Å². The van der Waals surface area contributed by atoms with Crippen molar-refractivity contribution in [3.8, 4) is 0 Å². The fraction of sp³-hybridized carbons (Fsp3) is 0.143. The summed E-state index contributed by atoms with van der Waals surface area (Å²) in [7, 11) is 0. The Kier molecular flexibility index (Phi) is 4.14. The smallest absolute Gasteiger partial charge is 0.371 e. The minimum atomic E-state index is -1.24. The molecule has 0 saturated heterocycles. The van der Waals surface area contributed by atoms with E-state index in [1.54, 1.807) is 18.2 Å². The van der Waals surface area contributed by atoms with Crippen molar-refractivity contribution in [1.29, 1.82) is 0 Å². The Hall–Kier alpha value is -2.63. The molecule has 0 spiro atoms. The van der Waals surface area contributed by atoms with E-state index in [4.69, 9.17) is 9.52 Å². The van der Waals surface area contributed by atoms with Crippen molar-refractivity contribution in [2.75, 3.05) is 6.54 Å². The second kappa shape index (κ2) is 6.01. The highest BCUT2D eigenvalue weighted by Crippen LogP contribution is 2.08. The van der Waals surface area contributed by atoms with Gasteiger partial charge in [-0.2, -0.15) is 0 Å². The van der Waals surface area contributed by atoms with Crippen LogP contribution in [0.5, 0.6) is 0 Å². The summed E-state index contributed by atoms with van der Waals surface area (Å²) >= 11 is 0. The molecular weight excluding hydrogens is 265 g/mol. The maximum absolute atomic E-state index is 13.3. The average Bonchev–Trinajstić information content (AvgIpc) is 2.91. The third-order valence-electron chi connectivity index (χ3n) is 2.68. The highest BCUT2D eigenvalue weighted by Gasteiger charge is 2.14. The standard InChI is InChI=1S/C14H12FNO4/c15-10-4-2-1-3-9(10)7-8-16-13(17)11-5-6-12(20-11)14(18)19/h1-6H,7-8H2,(H,16,17)(H,18,19). The zero-order valence-electron chi connectivity index (χ0n) is 10.4. The molecule has 1 amide bonds. The summed E-state index contributed by atoms with van der Waals surface area (Å²) < 4.78 is 18.2. The third-order valence-corrected chi connectivity index (χ3v) is 2.68. The average molecular weight is 277 g/mol. The molecule has 6 heteroatoms. The van der Waals surface area contributed by atoms with E-state index < -0.39 is 11.9 Å². The lowest BCUT2D eigenvalue weighted by molar-refractivity contribution is 0.0659. The van der Waals surface area contributed by atoms with Crippen LogP contribution in [0.2, 0.25) is 0 Å². The molecule has 0 saturated carbocycles. The van der Waals surface area contributed by atoms with E-state index in [9.17, 15) is 14.0 Å². The number of carbonyl (C=O) groups is 2. The van der Waals surface area contributed by atoms with Crippen LogP contribution in [0.4, 0.5) is 4.39 Å². The van der Waals surface area contributed by atoms with Gasteiger partial charge in [0.15, 0.2) is 5.76 Å². The van der Waals surface area contributed by atoms with E-state index in [1.807, 2.05) is 0 Å². The van der Waals surface area contributed by atoms with Gasteiger partial charge in [-0.3, -0.25) is 4.79 Å². The molecule has 1 aromatic heterocycles. The fourth-order valence-corrected chi connectivity index (χ4v) is 1.67. The van der Waals surface area contributed by atoms with E-state index in [0.29, 0.717) is 12.0 Å². The van der Waals surface area contributed by atoms with Crippen molar-refractivity contribution in [1.82, 2.24) is 5.32 Å². The quantitative estimate of drug-likeness (QED) is 0.877. The summed E-state index contributed by atoms with van der Waals surface area (Å²) in [5, 5.41) is 11.2. The molecule has 0 unspecified atom stereocenters. The molecule has 1 aromatic carbocycles. The lowest BCUT2D eigenvalue weighted by Gasteiger charge is -2.04. The number of hydrogen-bond acceptors (Lipinski definition) is 3. The molecular formula is C14H12FNO4. The molecule has 2 rings (SSSR count). The Bertz CT molecular complexity index is 636. The number of rotatable bonds is 5. The van der Waals surface area contributed by atoms with E-state index in [-0.39, 0.29) is 23.9 Å². The molecule has 0 radical (unpaired) electrons. The van der Waals surface area contributed by atoms with Gasteiger partial charge in [0.05, 0.1) is 0 Å². The Balaban J connectivity index is 1.89. The molecule has 2 N–H and O–H groups in total. The number of aromatic carboxylic acids is 1. The van der Waals surface area contributed by atoms with Crippen LogP contribution in [-0.2, 0) is 6.42 Å². The number of amides is 1. The molecule has 1 heterocycles. The predicted molar refractivity (Wildman–Crippen MR) is 68.1 cm³/mol. The molecule has 0 aliphatic carbocycles. The number of hydrogen-bond donors (Lipinski definition) is 2. The first kappa shape index (κ1) is 13.8. The molecule has 5 nitrogen and oxygen atoms in total. The monoisotopic (exact) mass is 277 g/mol. The molecule has 104 valence electrons. The van der Waals surface area contributed by atoms with Crippen LogP contribution in [-0.4, -0.2) is 23.5 Å². The van der Waals surface area contributed by atoms with Crippen LogP contribution in [0.25, 0.3) is 0 Å². The van der Waals surface area contributed by atoms with Crippen molar-refractivity contribution in [2.24, 2.45) is 0 Å². The second-order valence-electron chi connectivity index (χ2n) is 4.07. The molecule has 0 bridgehead atoms. The number of nitrogens with one attached hydrogen (secondary N) is 1. The second-order valence-corrected chi connectivity index (χ2v) is 4.07. The van der Waals surface area contributed by atoms with Gasteiger partial charge in [0.25, 0.3) is 5.91 Å². The van der Waals surface area contributed by atoms with Gasteiger partial charge in [-0.1, -0.05) is 18.2 Å². The first-order valence-corrected chi connectivity index (χ1v) is 5.92. The lowest BCUT2D eigenvalue weighted by Crippen LogP contribution is -2.25. The number of carboxylic acids is 1. The fourth-order valence-electron chi connectivity index (χ4n) is 1.67. The number of benzene rings is 1. The van der Waals surface area contributed by atoms with Crippen LogP contribution in [0, 0.1) is 5.82 Å². The van der Waals surface area contributed by atoms with E-state index in [0.717, 1.165) is 0 Å². The SMILES string of the molecule is O=C(O)c1ccc(C(=O)NCCc2ccccc2F)o1. The van der Waals surface area contributed by atoms with Crippen molar-refractivity contribution >= 4 is 11.9 Å². The minimum absolute atomic E-state index is 0.0871. The number of furan rings is 1. The van der Waals surface area contributed by atoms with Crippen LogP contribution in [0.15, 0.2) is 40.8 Å². The summed E-state index contributed by atoms with van der Waals surface area (Å²) in [4.78, 5) is 22.3. The van der Waals surface area contributed by atoms with E-state index in [1.165, 1.54) is 18.2 Å². The van der Waals surface area contributed by atoms with Gasteiger partial charge in [-0.25, -0.2) is 9.18 Å². The van der Waals surface area contributed by atoms with Crippen molar-refractivity contribution in [3.63, 3.8) is 0 Å². The number of carbonyl (C=O) groups excluding carboxylic acids is 1. The molecule has 20 heavy (non-hydrogen) atoms. The van der Waals surface area contributed by atoms with Gasteiger partial charge in [-0.15, -0.1) is 0 Å². The molecule has 0 atom stereocenters. The molecule has 0 fully saturated rings. The Morgan fingerprint density at radius 1 is 1.15 bits per heavy atom. The van der Waals surface area contributed by atoms with E-state index in [2.05, 4.69) is 5.32 Å². The zero-order valence-corrected chi connectivity index (χ0v) is 10.4. The largest absolute Gasteiger partial charge is 0.475 e. The molecule has 2 aromatic rings. The van der Waals surface area contributed by atoms with Gasteiger partial charge in [0.1, 0.15) is 5.82 Å². The van der Waals surface area contributed by atoms with Crippen LogP contribution >= 0.6 is 0 Å². The summed E-state index contributed by atoms with van der Waals surface area (Å²) in [6.07, 6.45) is 0.338. The summed E-state index contributed by atoms with van der Waals surface area (Å²) in [5.41, 5.74) is 0.499. The first-order chi connectivity index (χ1) is 9.58. The number of halogens is 1. The van der Waals surface area contributed by atoms with Crippen LogP contribution < -0.4 is 5.32 Å². The minimum Gasteiger partial charge on any atom is -0.475 e. The van der Waals surface area contributed by atoms with Crippen molar-refractivity contribution < 1.29 is 23.5 Å². The molecule has 0 aliphatic rings. The highest BCUT2D eigenvalue weighted by molar-refractivity contribution is 5.93. The maximum atomic E-state index is 13.3. The predicted octanol–water partition coefficient (Wildman–Crippen LogP) is 2.09. The Morgan fingerprint density at radius 2 is 1.85 bits per heavy atom. The summed E-state index contributed by atoms with van der Waals surface area (Å²) in [5.74, 6) is -2.49. The lowest BCUT2D eigenvalue weighted by atomic mass is 10.1. The van der Waals surface area contributed by atoms with Crippen molar-refractivity contribution in [3.05, 3.63) is 59.3 Å². The van der Waals surface area contributed by atoms with Gasteiger partial charge in [-0.05, 0) is 30.2 Å². The topological polar surface area (TPSA) is 79.5 Å². The Labute approximate surface area is 114 Å². The summed E-state index contributed by atoms with van der Waals surface area (Å²) in [6, 6.07) is 8.77. The van der Waals surface area contributed by atoms with Gasteiger partial charge in [0, 0.05) is 6.54 Å². The molecule has 0 aliphatic heterocycles. The third kappa shape index (κ3) is 3.23. The normalized spacial score (nSPS) is 10.2. The van der Waals surface area contributed by atoms with E-state index >= 15 is 0 Å². The van der Waals surface area contributed by atoms with Gasteiger partial charge < -0.3 is 14.8 Å². The zero-order chi connectivity index (χ0) is 14.5. The number of carboxylic acid groups (broad SMARTS) is 1. The maximum Gasteiger partial charge on any atom is 0.371 e. The van der Waals surface area contributed by atoms with Gasteiger partial charge in [0.2, 0.25) is 5.76 Å². The van der Waals surface area contributed by atoms with Crippen molar-refractivity contribution in [2.45, 2.75) is 6.42 Å². The van der Waals surface area contributed by atoms with Crippen LogP contribution in [0.3, 0.4) is 0 Å². The Morgan fingerprint density at radius 3 is 2.50 bits per heavy atom. The highest BCUT2D eigenvalue weighted by atomic mass is 19.1.